The molecule has 2 unspecified atom stereocenters. The van der Waals surface area contributed by atoms with E-state index in [0.29, 0.717) is 36.9 Å². The number of halogens is 3. The predicted molar refractivity (Wildman–Crippen MR) is 203 cm³/mol. The van der Waals surface area contributed by atoms with Gasteiger partial charge in [0.1, 0.15) is 19.0 Å². The lowest BCUT2D eigenvalue weighted by Crippen LogP contribution is -2.27. The average Bonchev–Trinajstić information content (AvgIpc) is 3.40. The molecule has 1 fully saturated rings. The highest BCUT2D eigenvalue weighted by Crippen LogP contribution is 2.41. The number of hydrogen-bond donors (Lipinski definition) is 5. The van der Waals surface area contributed by atoms with Crippen LogP contribution in [0, 0.1) is 11.8 Å². The van der Waals surface area contributed by atoms with Gasteiger partial charge in [0.25, 0.3) is 0 Å². The molecule has 1 aliphatic rings. The van der Waals surface area contributed by atoms with Crippen LogP contribution in [-0.4, -0.2) is 63.6 Å². The number of unbranched alkanes of at least 4 members (excludes halogenated alkanes) is 1. The van der Waals surface area contributed by atoms with Gasteiger partial charge >= 0.3 is 12.1 Å². The Morgan fingerprint density at radius 1 is 1.02 bits per heavy atom. The highest BCUT2D eigenvalue weighted by molar-refractivity contribution is 5.98. The van der Waals surface area contributed by atoms with Crippen molar-refractivity contribution in [2.45, 2.75) is 83.0 Å². The Morgan fingerprint density at radius 3 is 2.53 bits per heavy atom. The van der Waals surface area contributed by atoms with E-state index >= 15 is 0 Å². The number of aliphatic hydroxyl groups is 3. The van der Waals surface area contributed by atoms with E-state index in [1.807, 2.05) is 25.1 Å². The van der Waals surface area contributed by atoms with Gasteiger partial charge in [-0.3, -0.25) is 14.6 Å². The van der Waals surface area contributed by atoms with E-state index < -0.39 is 47.8 Å². The highest BCUT2D eigenvalue weighted by Gasteiger charge is 2.38. The summed E-state index contributed by atoms with van der Waals surface area (Å²) in [7, 11) is 0. The molecule has 6 atom stereocenters. The molecule has 5 rings (SSSR count). The zero-order valence-corrected chi connectivity index (χ0v) is 30.8. The lowest BCUT2D eigenvalue weighted by Gasteiger charge is -2.21. The van der Waals surface area contributed by atoms with Crippen molar-refractivity contribution in [2.24, 2.45) is 17.6 Å². The number of allylic oxidation sites excluding steroid dienone is 2. The summed E-state index contributed by atoms with van der Waals surface area (Å²) in [6, 6.07) is 15.2. The second-order valence-corrected chi connectivity index (χ2v) is 14.2. The smallest absolute Gasteiger partial charge is 0.417 e. The molecule has 3 aromatic carbocycles. The first kappa shape index (κ1) is 41.3. The molecule has 4 aromatic rings. The maximum absolute atomic E-state index is 14.6. The Balaban J connectivity index is 1.35. The van der Waals surface area contributed by atoms with Gasteiger partial charge in [-0.1, -0.05) is 43.3 Å². The number of alkyl halides is 3. The van der Waals surface area contributed by atoms with Crippen LogP contribution in [0.25, 0.3) is 21.9 Å². The number of amides is 1. The number of rotatable bonds is 16. The summed E-state index contributed by atoms with van der Waals surface area (Å²) in [5.41, 5.74) is 6.11. The number of anilines is 1. The summed E-state index contributed by atoms with van der Waals surface area (Å²) in [5.74, 6) is -2.06. The van der Waals surface area contributed by atoms with E-state index in [4.69, 9.17) is 15.2 Å². The van der Waals surface area contributed by atoms with Gasteiger partial charge in [-0.15, -0.1) is 0 Å². The summed E-state index contributed by atoms with van der Waals surface area (Å²) in [4.78, 5) is 30.5. The fourth-order valence-corrected chi connectivity index (χ4v) is 6.88. The molecule has 6 N–H and O–H groups in total. The van der Waals surface area contributed by atoms with Gasteiger partial charge in [0, 0.05) is 36.4 Å². The zero-order chi connectivity index (χ0) is 39.7. The number of fused-ring (bicyclic) bond motifs is 1. The molecule has 0 aliphatic heterocycles. The quantitative estimate of drug-likeness (QED) is 0.0464. The number of hydrogen-bond acceptors (Lipinski definition) is 9. The molecule has 1 aromatic heterocycles. The minimum Gasteiger partial charge on any atom is -0.491 e. The standard InChI is InChI=1S/C42H48F3N3O7/c1-25(49)23-54-32-13-14-34(37(19-32)42(43,44)45)35-18-28(36(21-46)41(53)48-31-12-11-29-22-47-16-15-27(29)17-31)9-10-30(35)24-55-40(52)8-6-4-3-5-7-33-26(2)38(50)20-39(33)51/h3,5,9-19,22,25-26,33,36,38-39,49-51H,4,6-8,20-21,23-24,46H2,1-2H3,(H,48,53)/b5-3-/t25-,26-,33?,36?,38-,39+/m1/s1. The number of aromatic nitrogens is 1. The van der Waals surface area contributed by atoms with Crippen molar-refractivity contribution < 1.29 is 47.6 Å². The van der Waals surface area contributed by atoms with Crippen LogP contribution in [0.1, 0.15) is 68.6 Å². The first-order valence-corrected chi connectivity index (χ1v) is 18.4. The molecule has 1 aliphatic carbocycles. The first-order valence-electron chi connectivity index (χ1n) is 18.4. The van der Waals surface area contributed by atoms with Gasteiger partial charge in [0.05, 0.1) is 29.8 Å². The predicted octanol–water partition coefficient (Wildman–Crippen LogP) is 6.90. The van der Waals surface area contributed by atoms with Crippen LogP contribution in [0.5, 0.6) is 5.75 Å². The second kappa shape index (κ2) is 18.7. The van der Waals surface area contributed by atoms with Crippen LogP contribution in [0.3, 0.4) is 0 Å². The number of carbonyl (C=O) groups excluding carboxylic acids is 2. The Kier molecular flexibility index (Phi) is 14.0. The maximum atomic E-state index is 14.6. The lowest BCUT2D eigenvalue weighted by molar-refractivity contribution is -0.145. The molecule has 0 saturated heterocycles. The number of carbonyl (C=O) groups is 2. The molecule has 0 spiro atoms. The molecule has 13 heteroatoms. The van der Waals surface area contributed by atoms with E-state index in [1.54, 1.807) is 36.7 Å². The van der Waals surface area contributed by atoms with Crippen molar-refractivity contribution in [1.29, 1.82) is 0 Å². The van der Waals surface area contributed by atoms with Crippen molar-refractivity contribution in [2.75, 3.05) is 18.5 Å². The number of nitrogens with two attached hydrogens (primary N) is 1. The SMILES string of the molecule is C[C@@H]1C(C/C=C\CCCC(=O)OCc2ccc(C(CN)C(=O)Nc3ccc4cnccc4c3)cc2-c2ccc(OC[C@@H](C)O)cc2C(F)(F)F)[C@@H](O)C[C@H]1O. The van der Waals surface area contributed by atoms with Crippen LogP contribution in [0.2, 0.25) is 0 Å². The number of pyridine rings is 1. The third-order valence-electron chi connectivity index (χ3n) is 10.0. The maximum Gasteiger partial charge on any atom is 0.417 e. The van der Waals surface area contributed by atoms with E-state index in [1.165, 1.54) is 31.2 Å². The molecule has 294 valence electrons. The monoisotopic (exact) mass is 763 g/mol. The number of esters is 1. The van der Waals surface area contributed by atoms with Gasteiger partial charge in [0.15, 0.2) is 0 Å². The Labute approximate surface area is 318 Å². The fourth-order valence-electron chi connectivity index (χ4n) is 6.88. The van der Waals surface area contributed by atoms with E-state index in [2.05, 4.69) is 10.3 Å². The number of nitrogens with one attached hydrogen (secondary N) is 1. The summed E-state index contributed by atoms with van der Waals surface area (Å²) < 4.78 is 54.8. The van der Waals surface area contributed by atoms with Crippen LogP contribution in [0.4, 0.5) is 18.9 Å². The molecule has 0 radical (unpaired) electrons. The molecule has 1 saturated carbocycles. The molecule has 0 bridgehead atoms. The van der Waals surface area contributed by atoms with Crippen molar-refractivity contribution in [3.8, 4) is 16.9 Å². The number of ether oxygens (including phenoxy) is 2. The molecule has 55 heavy (non-hydrogen) atoms. The summed E-state index contributed by atoms with van der Waals surface area (Å²) in [6.45, 7) is 2.68. The normalized spacial score (nSPS) is 19.7. The van der Waals surface area contributed by atoms with E-state index in [9.17, 15) is 38.1 Å². The van der Waals surface area contributed by atoms with Crippen molar-refractivity contribution in [1.82, 2.24) is 4.98 Å². The lowest BCUT2D eigenvalue weighted by atomic mass is 9.89. The Morgan fingerprint density at radius 2 is 1.82 bits per heavy atom. The molecule has 1 amide bonds. The summed E-state index contributed by atoms with van der Waals surface area (Å²) >= 11 is 0. The molecule has 10 nitrogen and oxygen atoms in total. The first-order chi connectivity index (χ1) is 26.2. The molecule has 1 heterocycles. The topological polar surface area (TPSA) is 164 Å². The minimum absolute atomic E-state index is 0.00555. The van der Waals surface area contributed by atoms with Gasteiger partial charge < -0.3 is 35.8 Å². The van der Waals surface area contributed by atoms with E-state index in [-0.39, 0.29) is 60.5 Å². The van der Waals surface area contributed by atoms with E-state index in [0.717, 1.165) is 16.8 Å². The van der Waals surface area contributed by atoms with Crippen molar-refractivity contribution in [3.05, 3.63) is 102 Å². The third kappa shape index (κ3) is 10.9. The van der Waals surface area contributed by atoms with Crippen LogP contribution in [0.15, 0.2) is 85.2 Å². The molecular formula is C42H48F3N3O7. The van der Waals surface area contributed by atoms with Crippen molar-refractivity contribution >= 4 is 28.3 Å². The Hall–Kier alpha value is -4.82. The van der Waals surface area contributed by atoms with Gasteiger partial charge in [0.2, 0.25) is 5.91 Å². The van der Waals surface area contributed by atoms with Crippen LogP contribution >= 0.6 is 0 Å². The number of aliphatic hydroxyl groups excluding tert-OH is 3. The fraction of sp³-hybridized carbons (Fsp3) is 0.405. The summed E-state index contributed by atoms with van der Waals surface area (Å²) in [6.07, 6.45) is 2.50. The van der Waals surface area contributed by atoms with Crippen molar-refractivity contribution in [3.63, 3.8) is 0 Å². The van der Waals surface area contributed by atoms with Crippen LogP contribution < -0.4 is 15.8 Å². The minimum atomic E-state index is -4.82. The average molecular weight is 764 g/mol. The zero-order valence-electron chi connectivity index (χ0n) is 30.8. The number of benzene rings is 3. The second-order valence-electron chi connectivity index (χ2n) is 14.2. The van der Waals surface area contributed by atoms with Gasteiger partial charge in [-0.2, -0.15) is 13.2 Å². The van der Waals surface area contributed by atoms with Gasteiger partial charge in [-0.05, 0) is 108 Å². The number of nitrogens with zero attached hydrogens (tertiary/aromatic N) is 1. The summed E-state index contributed by atoms with van der Waals surface area (Å²) in [5, 5.41) is 34.4. The molecular weight excluding hydrogens is 715 g/mol. The van der Waals surface area contributed by atoms with Gasteiger partial charge in [-0.25, -0.2) is 0 Å². The Bertz CT molecular complexity index is 1970. The third-order valence-corrected chi connectivity index (χ3v) is 10.0. The van der Waals surface area contributed by atoms with Crippen LogP contribution in [-0.2, 0) is 27.1 Å². The highest BCUT2D eigenvalue weighted by atomic mass is 19.4. The largest absolute Gasteiger partial charge is 0.491 e.